The van der Waals surface area contributed by atoms with Crippen LogP contribution in [0.3, 0.4) is 0 Å². The smallest absolute Gasteiger partial charge is 0.421 e. The van der Waals surface area contributed by atoms with Crippen LogP contribution < -0.4 is 15.4 Å². The number of benzene rings is 2. The van der Waals surface area contributed by atoms with Gasteiger partial charge in [0.25, 0.3) is 0 Å². The van der Waals surface area contributed by atoms with Crippen LogP contribution in [0.2, 0.25) is 0 Å². The monoisotopic (exact) mass is 472 g/mol. The number of rotatable bonds is 11. The minimum Gasteiger partial charge on any atom is -0.491 e. The third-order valence-corrected chi connectivity index (χ3v) is 5.59. The first kappa shape index (κ1) is 25.3. The summed E-state index contributed by atoms with van der Waals surface area (Å²) in [6.07, 6.45) is 0.137. The van der Waals surface area contributed by atoms with Crippen molar-refractivity contribution in [1.82, 2.24) is 9.97 Å². The van der Waals surface area contributed by atoms with Gasteiger partial charge < -0.3 is 15.4 Å². The van der Waals surface area contributed by atoms with Crippen molar-refractivity contribution in [3.63, 3.8) is 0 Å². The van der Waals surface area contributed by atoms with Gasteiger partial charge in [0.1, 0.15) is 17.1 Å². The predicted molar refractivity (Wildman–Crippen MR) is 130 cm³/mol. The lowest BCUT2D eigenvalue weighted by Crippen LogP contribution is -2.13. The van der Waals surface area contributed by atoms with E-state index in [2.05, 4.69) is 41.4 Å². The molecule has 34 heavy (non-hydrogen) atoms. The summed E-state index contributed by atoms with van der Waals surface area (Å²) >= 11 is 0. The highest BCUT2D eigenvalue weighted by Crippen LogP contribution is 2.37. The Morgan fingerprint density at radius 2 is 1.71 bits per heavy atom. The van der Waals surface area contributed by atoms with E-state index in [9.17, 15) is 13.2 Å². The lowest BCUT2D eigenvalue weighted by atomic mass is 9.99. The molecule has 1 unspecified atom stereocenters. The Hall–Kier alpha value is -3.29. The average molecular weight is 473 g/mol. The standard InChI is InChI=1S/C26H31F3N4O/c1-4-6-9-16-34-23-11-8-7-10-22(23)32-24-21(26(27,28)29)17-30-25(33-24)31-20-14-12-19(13-15-20)18(3)5-2/h7-8,10-15,17-18H,4-6,9,16H2,1-3H3,(H2,30,31,32,33). The van der Waals surface area contributed by atoms with Crippen LogP contribution in [0, 0.1) is 0 Å². The van der Waals surface area contributed by atoms with Crippen LogP contribution in [0.25, 0.3) is 0 Å². The van der Waals surface area contributed by atoms with Crippen LogP contribution >= 0.6 is 0 Å². The Balaban J connectivity index is 1.85. The molecule has 0 radical (unpaired) electrons. The molecular weight excluding hydrogens is 441 g/mol. The Morgan fingerprint density at radius 3 is 2.38 bits per heavy atom. The van der Waals surface area contributed by atoms with Crippen LogP contribution in [0.5, 0.6) is 5.75 Å². The second-order valence-corrected chi connectivity index (χ2v) is 8.19. The molecule has 0 spiro atoms. The lowest BCUT2D eigenvalue weighted by molar-refractivity contribution is -0.137. The molecule has 182 valence electrons. The molecule has 0 saturated carbocycles. The Labute approximate surface area is 198 Å². The van der Waals surface area contributed by atoms with Gasteiger partial charge in [0, 0.05) is 11.9 Å². The second kappa shape index (κ2) is 11.7. The van der Waals surface area contributed by atoms with Crippen LogP contribution in [-0.4, -0.2) is 16.6 Å². The minimum absolute atomic E-state index is 0.0631. The Bertz CT molecular complexity index is 1050. The molecule has 0 aliphatic rings. The quantitative estimate of drug-likeness (QED) is 0.276. The largest absolute Gasteiger partial charge is 0.491 e. The summed E-state index contributed by atoms with van der Waals surface area (Å²) in [6, 6.07) is 14.6. The number of hydrogen-bond acceptors (Lipinski definition) is 5. The van der Waals surface area contributed by atoms with E-state index >= 15 is 0 Å². The number of para-hydroxylation sites is 2. The molecular formula is C26H31F3N4O. The number of anilines is 4. The Kier molecular flexibility index (Phi) is 8.73. The van der Waals surface area contributed by atoms with Gasteiger partial charge in [-0.15, -0.1) is 0 Å². The summed E-state index contributed by atoms with van der Waals surface area (Å²) in [5.74, 6) is 0.621. The summed E-state index contributed by atoms with van der Waals surface area (Å²) in [5.41, 5.74) is 1.34. The number of alkyl halides is 3. The van der Waals surface area contributed by atoms with Gasteiger partial charge in [0.05, 0.1) is 12.3 Å². The molecule has 3 rings (SSSR count). The topological polar surface area (TPSA) is 59.1 Å². The molecule has 0 bridgehead atoms. The van der Waals surface area contributed by atoms with Crippen molar-refractivity contribution < 1.29 is 17.9 Å². The maximum absolute atomic E-state index is 13.7. The van der Waals surface area contributed by atoms with Crippen LogP contribution in [0.15, 0.2) is 54.7 Å². The van der Waals surface area contributed by atoms with Crippen molar-refractivity contribution in [2.75, 3.05) is 17.2 Å². The molecule has 3 aromatic rings. The normalized spacial score (nSPS) is 12.3. The third-order valence-electron chi connectivity index (χ3n) is 5.59. The van der Waals surface area contributed by atoms with E-state index in [0.29, 0.717) is 29.6 Å². The van der Waals surface area contributed by atoms with E-state index in [-0.39, 0.29) is 11.8 Å². The first-order valence-electron chi connectivity index (χ1n) is 11.6. The molecule has 0 aliphatic carbocycles. The Morgan fingerprint density at radius 1 is 0.971 bits per heavy atom. The summed E-state index contributed by atoms with van der Waals surface area (Å²) in [6.45, 7) is 6.84. The molecule has 1 heterocycles. The van der Waals surface area contributed by atoms with Crippen molar-refractivity contribution in [1.29, 1.82) is 0 Å². The molecule has 2 N–H and O–H groups in total. The van der Waals surface area contributed by atoms with Gasteiger partial charge in [0.2, 0.25) is 5.95 Å². The highest BCUT2D eigenvalue weighted by Gasteiger charge is 2.35. The van der Waals surface area contributed by atoms with E-state index in [0.717, 1.165) is 31.9 Å². The number of halogens is 3. The van der Waals surface area contributed by atoms with Gasteiger partial charge in [-0.25, -0.2) is 4.98 Å². The zero-order chi connectivity index (χ0) is 24.6. The molecule has 8 heteroatoms. The van der Waals surface area contributed by atoms with Crippen molar-refractivity contribution in [3.05, 3.63) is 65.9 Å². The fourth-order valence-electron chi connectivity index (χ4n) is 3.36. The first-order chi connectivity index (χ1) is 16.3. The van der Waals surface area contributed by atoms with Gasteiger partial charge in [-0.2, -0.15) is 18.2 Å². The molecule has 0 saturated heterocycles. The number of aromatic nitrogens is 2. The first-order valence-corrected chi connectivity index (χ1v) is 11.6. The van der Waals surface area contributed by atoms with E-state index in [1.54, 1.807) is 24.3 Å². The summed E-state index contributed by atoms with van der Waals surface area (Å²) in [4.78, 5) is 8.04. The zero-order valence-corrected chi connectivity index (χ0v) is 19.7. The fourth-order valence-corrected chi connectivity index (χ4v) is 3.36. The average Bonchev–Trinajstić information content (AvgIpc) is 2.82. The van der Waals surface area contributed by atoms with E-state index in [1.165, 1.54) is 5.56 Å². The van der Waals surface area contributed by atoms with Gasteiger partial charge in [-0.05, 0) is 48.6 Å². The van der Waals surface area contributed by atoms with Crippen molar-refractivity contribution in [3.8, 4) is 5.75 Å². The SMILES string of the molecule is CCCCCOc1ccccc1Nc1nc(Nc2ccc(C(C)CC)cc2)ncc1C(F)(F)F. The van der Waals surface area contributed by atoms with Gasteiger partial charge in [-0.3, -0.25) is 0 Å². The third kappa shape index (κ3) is 6.85. The number of nitrogens with one attached hydrogen (secondary N) is 2. The lowest BCUT2D eigenvalue weighted by Gasteiger charge is -2.17. The number of hydrogen-bond donors (Lipinski definition) is 2. The van der Waals surface area contributed by atoms with E-state index < -0.39 is 11.7 Å². The number of unbranched alkanes of at least 4 members (excludes halogenated alkanes) is 2. The minimum atomic E-state index is -4.62. The summed E-state index contributed by atoms with van der Waals surface area (Å²) < 4.78 is 46.8. The molecule has 1 aromatic heterocycles. The molecule has 0 aliphatic heterocycles. The van der Waals surface area contributed by atoms with Gasteiger partial charge in [-0.1, -0.05) is 57.9 Å². The van der Waals surface area contributed by atoms with Crippen molar-refractivity contribution >= 4 is 23.1 Å². The predicted octanol–water partition coefficient (Wildman–Crippen LogP) is 8.07. The number of nitrogens with zero attached hydrogens (tertiary/aromatic N) is 2. The van der Waals surface area contributed by atoms with E-state index in [1.807, 2.05) is 24.3 Å². The highest BCUT2D eigenvalue weighted by atomic mass is 19.4. The maximum Gasteiger partial charge on any atom is 0.421 e. The van der Waals surface area contributed by atoms with Crippen molar-refractivity contribution in [2.24, 2.45) is 0 Å². The second-order valence-electron chi connectivity index (χ2n) is 8.19. The zero-order valence-electron chi connectivity index (χ0n) is 19.7. The molecule has 0 amide bonds. The summed E-state index contributed by atoms with van der Waals surface area (Å²) in [7, 11) is 0. The van der Waals surface area contributed by atoms with Gasteiger partial charge >= 0.3 is 6.18 Å². The molecule has 5 nitrogen and oxygen atoms in total. The molecule has 2 aromatic carbocycles. The van der Waals surface area contributed by atoms with Crippen LogP contribution in [0.1, 0.15) is 63.5 Å². The van der Waals surface area contributed by atoms with Gasteiger partial charge in [0.15, 0.2) is 0 Å². The number of ether oxygens (including phenoxy) is 1. The van der Waals surface area contributed by atoms with Crippen LogP contribution in [-0.2, 0) is 6.18 Å². The summed E-state index contributed by atoms with van der Waals surface area (Å²) in [5, 5.41) is 5.81. The van der Waals surface area contributed by atoms with Crippen molar-refractivity contribution in [2.45, 2.75) is 58.5 Å². The highest BCUT2D eigenvalue weighted by molar-refractivity contribution is 5.67. The van der Waals surface area contributed by atoms with E-state index in [4.69, 9.17) is 4.74 Å². The van der Waals surface area contributed by atoms with Crippen LogP contribution in [0.4, 0.5) is 36.3 Å². The fraction of sp³-hybridized carbons (Fsp3) is 0.385. The maximum atomic E-state index is 13.7. The molecule has 1 atom stereocenters. The molecule has 0 fully saturated rings.